The maximum Gasteiger partial charge on any atom is 0.0312 e. The minimum Gasteiger partial charge on any atom is -0.312 e. The van der Waals surface area contributed by atoms with Crippen LogP contribution in [-0.4, -0.2) is 36.1 Å². The highest BCUT2D eigenvalue weighted by Crippen LogP contribution is 2.10. The Hall–Kier alpha value is -0.930. The first-order valence-corrected chi connectivity index (χ1v) is 7.16. The average Bonchev–Trinajstić information content (AvgIpc) is 2.41. The third-order valence-electron chi connectivity index (χ3n) is 3.56. The van der Waals surface area contributed by atoms with Gasteiger partial charge in [-0.05, 0) is 50.0 Å². The molecular weight excluding hydrogens is 222 g/mol. The summed E-state index contributed by atoms with van der Waals surface area (Å²) in [7, 11) is 0. The summed E-state index contributed by atoms with van der Waals surface area (Å²) in [5.41, 5.74) is 1.27. The summed E-state index contributed by atoms with van der Waals surface area (Å²) in [5, 5.41) is 3.52. The molecule has 0 aliphatic carbocycles. The molecular formula is C15H25N3. The fourth-order valence-electron chi connectivity index (χ4n) is 2.61. The van der Waals surface area contributed by atoms with E-state index >= 15 is 0 Å². The number of hydrogen-bond acceptors (Lipinski definition) is 3. The maximum absolute atomic E-state index is 4.13. The van der Waals surface area contributed by atoms with Gasteiger partial charge in [-0.1, -0.05) is 19.4 Å². The number of hydrogen-bond donors (Lipinski definition) is 1. The molecule has 0 aromatic carbocycles. The standard InChI is InChI=1S/C15H25N3/c1-14(13-18-8-3-2-4-9-18)10-17-12-15-6-5-7-16-11-15/h5-7,11,14,17H,2-4,8-10,12-13H2,1H3. The fourth-order valence-corrected chi connectivity index (χ4v) is 2.61. The van der Waals surface area contributed by atoms with Crippen LogP contribution in [0.5, 0.6) is 0 Å². The largest absolute Gasteiger partial charge is 0.312 e. The molecule has 3 heteroatoms. The molecule has 1 saturated heterocycles. The van der Waals surface area contributed by atoms with Crippen LogP contribution >= 0.6 is 0 Å². The normalized spacial score (nSPS) is 18.7. The third kappa shape index (κ3) is 4.75. The van der Waals surface area contributed by atoms with E-state index in [-0.39, 0.29) is 0 Å². The lowest BCUT2D eigenvalue weighted by Crippen LogP contribution is -2.36. The van der Waals surface area contributed by atoms with E-state index in [1.807, 2.05) is 18.5 Å². The Labute approximate surface area is 111 Å². The number of aromatic nitrogens is 1. The van der Waals surface area contributed by atoms with Gasteiger partial charge in [-0.25, -0.2) is 0 Å². The SMILES string of the molecule is CC(CNCc1cccnc1)CN1CCCCC1. The Morgan fingerprint density at radius 3 is 2.89 bits per heavy atom. The Bertz CT molecular complexity index is 320. The summed E-state index contributed by atoms with van der Waals surface area (Å²) in [6.45, 7) is 8.19. The minimum absolute atomic E-state index is 0.722. The fraction of sp³-hybridized carbons (Fsp3) is 0.667. The summed E-state index contributed by atoms with van der Waals surface area (Å²) < 4.78 is 0. The second-order valence-electron chi connectivity index (χ2n) is 5.46. The van der Waals surface area contributed by atoms with Crippen molar-refractivity contribution in [3.8, 4) is 0 Å². The summed E-state index contributed by atoms with van der Waals surface area (Å²) in [6.07, 6.45) is 7.95. The molecule has 0 radical (unpaired) electrons. The zero-order valence-electron chi connectivity index (χ0n) is 11.4. The topological polar surface area (TPSA) is 28.2 Å². The van der Waals surface area contributed by atoms with Crippen LogP contribution in [0.4, 0.5) is 0 Å². The molecule has 1 atom stereocenters. The molecule has 0 bridgehead atoms. The first kappa shape index (κ1) is 13.5. The van der Waals surface area contributed by atoms with Gasteiger partial charge in [0, 0.05) is 25.5 Å². The van der Waals surface area contributed by atoms with Crippen molar-refractivity contribution < 1.29 is 0 Å². The van der Waals surface area contributed by atoms with E-state index in [2.05, 4.69) is 28.2 Å². The van der Waals surface area contributed by atoms with E-state index < -0.39 is 0 Å². The van der Waals surface area contributed by atoms with Crippen LogP contribution in [0.1, 0.15) is 31.7 Å². The van der Waals surface area contributed by atoms with Crippen molar-refractivity contribution in [2.45, 2.75) is 32.7 Å². The van der Waals surface area contributed by atoms with Gasteiger partial charge in [-0.15, -0.1) is 0 Å². The molecule has 1 unspecified atom stereocenters. The van der Waals surface area contributed by atoms with Crippen molar-refractivity contribution in [1.29, 1.82) is 0 Å². The van der Waals surface area contributed by atoms with Crippen molar-refractivity contribution in [1.82, 2.24) is 15.2 Å². The smallest absolute Gasteiger partial charge is 0.0312 e. The molecule has 0 saturated carbocycles. The predicted molar refractivity (Wildman–Crippen MR) is 75.4 cm³/mol. The molecule has 1 aliphatic heterocycles. The molecule has 0 spiro atoms. The Kier molecular flexibility index (Phi) is 5.62. The highest BCUT2D eigenvalue weighted by atomic mass is 15.1. The Morgan fingerprint density at radius 2 is 2.17 bits per heavy atom. The van der Waals surface area contributed by atoms with Gasteiger partial charge in [0.25, 0.3) is 0 Å². The number of likely N-dealkylation sites (tertiary alicyclic amines) is 1. The lowest BCUT2D eigenvalue weighted by atomic mass is 10.1. The predicted octanol–water partition coefficient (Wildman–Crippen LogP) is 2.29. The molecule has 0 amide bonds. The van der Waals surface area contributed by atoms with E-state index in [4.69, 9.17) is 0 Å². The lowest BCUT2D eigenvalue weighted by molar-refractivity contribution is 0.199. The Morgan fingerprint density at radius 1 is 1.33 bits per heavy atom. The number of piperidine rings is 1. The minimum atomic E-state index is 0.722. The first-order valence-electron chi connectivity index (χ1n) is 7.16. The molecule has 2 heterocycles. The number of rotatable bonds is 6. The van der Waals surface area contributed by atoms with Gasteiger partial charge in [0.05, 0.1) is 0 Å². The maximum atomic E-state index is 4.13. The second-order valence-corrected chi connectivity index (χ2v) is 5.46. The van der Waals surface area contributed by atoms with Gasteiger partial charge in [0.2, 0.25) is 0 Å². The van der Waals surface area contributed by atoms with Crippen LogP contribution in [-0.2, 0) is 6.54 Å². The van der Waals surface area contributed by atoms with E-state index in [1.165, 1.54) is 44.5 Å². The molecule has 1 N–H and O–H groups in total. The quantitative estimate of drug-likeness (QED) is 0.836. The number of pyridine rings is 1. The third-order valence-corrected chi connectivity index (χ3v) is 3.56. The Balaban J connectivity index is 1.61. The molecule has 1 aliphatic rings. The second kappa shape index (κ2) is 7.49. The van der Waals surface area contributed by atoms with Crippen molar-refractivity contribution in [2.75, 3.05) is 26.2 Å². The van der Waals surface area contributed by atoms with Gasteiger partial charge in [0.1, 0.15) is 0 Å². The highest BCUT2D eigenvalue weighted by molar-refractivity contribution is 5.07. The highest BCUT2D eigenvalue weighted by Gasteiger charge is 2.12. The molecule has 3 nitrogen and oxygen atoms in total. The van der Waals surface area contributed by atoms with Crippen molar-refractivity contribution in [3.05, 3.63) is 30.1 Å². The van der Waals surface area contributed by atoms with Gasteiger partial charge >= 0.3 is 0 Å². The molecule has 18 heavy (non-hydrogen) atoms. The van der Waals surface area contributed by atoms with Crippen molar-refractivity contribution in [3.63, 3.8) is 0 Å². The van der Waals surface area contributed by atoms with Gasteiger partial charge in [0.15, 0.2) is 0 Å². The monoisotopic (exact) mass is 247 g/mol. The van der Waals surface area contributed by atoms with Crippen LogP contribution in [0.2, 0.25) is 0 Å². The van der Waals surface area contributed by atoms with Gasteiger partial charge < -0.3 is 10.2 Å². The average molecular weight is 247 g/mol. The van der Waals surface area contributed by atoms with Gasteiger partial charge in [-0.2, -0.15) is 0 Å². The van der Waals surface area contributed by atoms with E-state index in [0.717, 1.165) is 19.0 Å². The van der Waals surface area contributed by atoms with E-state index in [9.17, 15) is 0 Å². The van der Waals surface area contributed by atoms with Crippen molar-refractivity contribution >= 4 is 0 Å². The lowest BCUT2D eigenvalue weighted by Gasteiger charge is -2.29. The molecule has 1 aromatic rings. The summed E-state index contributed by atoms with van der Waals surface area (Å²) in [4.78, 5) is 6.74. The zero-order valence-corrected chi connectivity index (χ0v) is 11.4. The first-order chi connectivity index (χ1) is 8.84. The van der Waals surface area contributed by atoms with E-state index in [0.29, 0.717) is 0 Å². The molecule has 2 rings (SSSR count). The molecule has 100 valence electrons. The van der Waals surface area contributed by atoms with Crippen LogP contribution in [0.15, 0.2) is 24.5 Å². The zero-order chi connectivity index (χ0) is 12.6. The van der Waals surface area contributed by atoms with Crippen LogP contribution in [0.25, 0.3) is 0 Å². The molecule has 1 aromatic heterocycles. The van der Waals surface area contributed by atoms with Gasteiger partial charge in [-0.3, -0.25) is 4.98 Å². The summed E-state index contributed by atoms with van der Waals surface area (Å²) >= 11 is 0. The van der Waals surface area contributed by atoms with Crippen LogP contribution in [0.3, 0.4) is 0 Å². The van der Waals surface area contributed by atoms with E-state index in [1.54, 1.807) is 0 Å². The number of nitrogens with zero attached hydrogens (tertiary/aromatic N) is 2. The number of nitrogens with one attached hydrogen (secondary N) is 1. The van der Waals surface area contributed by atoms with Crippen molar-refractivity contribution in [2.24, 2.45) is 5.92 Å². The van der Waals surface area contributed by atoms with Crippen LogP contribution < -0.4 is 5.32 Å². The van der Waals surface area contributed by atoms with Crippen LogP contribution in [0, 0.1) is 5.92 Å². The summed E-state index contributed by atoms with van der Waals surface area (Å²) in [5.74, 6) is 0.722. The summed E-state index contributed by atoms with van der Waals surface area (Å²) in [6, 6.07) is 4.11. The molecule has 1 fully saturated rings.